The Hall–Kier alpha value is -1.67. The summed E-state index contributed by atoms with van der Waals surface area (Å²) >= 11 is 0. The fraction of sp³-hybridized carbons (Fsp3) is 0.812. The summed E-state index contributed by atoms with van der Waals surface area (Å²) in [6, 6.07) is 0. The molecule has 8 heteroatoms. The van der Waals surface area contributed by atoms with Crippen LogP contribution < -0.4 is 0 Å². The van der Waals surface area contributed by atoms with Crippen LogP contribution in [0.5, 0.6) is 0 Å². The number of piperidine rings is 1. The molecule has 1 atom stereocenters. The molecule has 1 rings (SSSR count). The summed E-state index contributed by atoms with van der Waals surface area (Å²) in [5, 5.41) is 0. The third-order valence-corrected chi connectivity index (χ3v) is 3.93. The first kappa shape index (κ1) is 20.4. The summed E-state index contributed by atoms with van der Waals surface area (Å²) in [5.74, 6) is -1.84. The van der Waals surface area contributed by atoms with E-state index >= 15 is 0 Å². The van der Waals surface area contributed by atoms with Crippen molar-refractivity contribution in [3.8, 4) is 0 Å². The molecule has 0 bridgehead atoms. The highest BCUT2D eigenvalue weighted by Gasteiger charge is 2.33. The van der Waals surface area contributed by atoms with E-state index in [-0.39, 0.29) is 18.4 Å². The largest absolute Gasteiger partial charge is 0.466 e. The maximum Gasteiger partial charge on any atom is 0.312 e. The third-order valence-electron chi connectivity index (χ3n) is 3.93. The molecule has 2 amide bonds. The van der Waals surface area contributed by atoms with Gasteiger partial charge in [0.25, 0.3) is 0 Å². The van der Waals surface area contributed by atoms with Crippen LogP contribution >= 0.6 is 0 Å². The molecule has 138 valence electrons. The highest BCUT2D eigenvalue weighted by molar-refractivity contribution is 6.34. The van der Waals surface area contributed by atoms with E-state index in [0.717, 1.165) is 0 Å². The number of esters is 1. The Bertz CT molecular complexity index is 421. The van der Waals surface area contributed by atoms with E-state index in [1.165, 1.54) is 24.0 Å². The predicted octanol–water partition coefficient (Wildman–Crippen LogP) is -0.0905. The third kappa shape index (κ3) is 6.09. The molecule has 0 aliphatic carbocycles. The van der Waals surface area contributed by atoms with Gasteiger partial charge in [0.1, 0.15) is 0 Å². The minimum atomic E-state index is -0.589. The lowest BCUT2D eigenvalue weighted by molar-refractivity contribution is -0.157. The van der Waals surface area contributed by atoms with Crippen LogP contribution in [0.25, 0.3) is 0 Å². The van der Waals surface area contributed by atoms with Gasteiger partial charge in [-0.3, -0.25) is 14.4 Å². The zero-order valence-electron chi connectivity index (χ0n) is 14.8. The molecule has 8 nitrogen and oxygen atoms in total. The van der Waals surface area contributed by atoms with E-state index in [9.17, 15) is 14.4 Å². The van der Waals surface area contributed by atoms with Crippen LogP contribution in [0.4, 0.5) is 0 Å². The standard InChI is InChI=1S/C16H28N2O6/c1-4-24-16(21)13-6-5-7-18(12-13)15(20)14(19)17(8-10-22-2)9-11-23-3/h13H,4-12H2,1-3H3. The molecular weight excluding hydrogens is 316 g/mol. The molecule has 1 aliphatic heterocycles. The fourth-order valence-electron chi connectivity index (χ4n) is 2.60. The number of ether oxygens (including phenoxy) is 3. The molecule has 0 N–H and O–H groups in total. The number of likely N-dealkylation sites (tertiary alicyclic amines) is 1. The molecule has 1 heterocycles. The lowest BCUT2D eigenvalue weighted by Gasteiger charge is -2.32. The van der Waals surface area contributed by atoms with Gasteiger partial charge in [0.15, 0.2) is 0 Å². The van der Waals surface area contributed by atoms with Crippen LogP contribution in [0.3, 0.4) is 0 Å². The SMILES string of the molecule is CCOC(=O)C1CCCN(C(=O)C(=O)N(CCOC)CCOC)C1. The Morgan fingerprint density at radius 3 is 2.29 bits per heavy atom. The summed E-state index contributed by atoms with van der Waals surface area (Å²) in [6.45, 7) is 4.08. The monoisotopic (exact) mass is 344 g/mol. The van der Waals surface area contributed by atoms with Crippen LogP contribution in [0, 0.1) is 5.92 Å². The van der Waals surface area contributed by atoms with Crippen LogP contribution in [0.15, 0.2) is 0 Å². The highest BCUT2D eigenvalue weighted by Crippen LogP contribution is 2.18. The minimum absolute atomic E-state index is 0.228. The number of hydrogen-bond donors (Lipinski definition) is 0. The lowest BCUT2D eigenvalue weighted by Crippen LogP contribution is -2.51. The molecule has 0 aromatic carbocycles. The normalized spacial score (nSPS) is 17.5. The summed E-state index contributed by atoms with van der Waals surface area (Å²) in [5.41, 5.74) is 0. The van der Waals surface area contributed by atoms with Gasteiger partial charge >= 0.3 is 17.8 Å². The Labute approximate surface area is 143 Å². The van der Waals surface area contributed by atoms with Gasteiger partial charge in [0.05, 0.1) is 25.7 Å². The summed E-state index contributed by atoms with van der Waals surface area (Å²) < 4.78 is 15.0. The van der Waals surface area contributed by atoms with Crippen molar-refractivity contribution in [1.29, 1.82) is 0 Å². The average Bonchev–Trinajstić information content (AvgIpc) is 2.61. The van der Waals surface area contributed by atoms with Gasteiger partial charge in [-0.1, -0.05) is 0 Å². The van der Waals surface area contributed by atoms with Gasteiger partial charge < -0.3 is 24.0 Å². The Morgan fingerprint density at radius 1 is 1.12 bits per heavy atom. The van der Waals surface area contributed by atoms with E-state index in [1.807, 2.05) is 0 Å². The number of methoxy groups -OCH3 is 2. The molecule has 0 spiro atoms. The molecule has 1 unspecified atom stereocenters. The predicted molar refractivity (Wildman–Crippen MR) is 86.3 cm³/mol. The number of amides is 2. The van der Waals surface area contributed by atoms with E-state index < -0.39 is 11.8 Å². The molecule has 1 fully saturated rings. The summed E-state index contributed by atoms with van der Waals surface area (Å²) in [6.07, 6.45) is 1.35. The van der Waals surface area contributed by atoms with Crippen LogP contribution in [-0.4, -0.2) is 87.8 Å². The smallest absolute Gasteiger partial charge is 0.312 e. The van der Waals surface area contributed by atoms with E-state index in [1.54, 1.807) is 6.92 Å². The van der Waals surface area contributed by atoms with Crippen molar-refractivity contribution in [2.45, 2.75) is 19.8 Å². The van der Waals surface area contributed by atoms with Crippen molar-refractivity contribution in [1.82, 2.24) is 9.80 Å². The van der Waals surface area contributed by atoms with Crippen molar-refractivity contribution in [3.05, 3.63) is 0 Å². The molecule has 1 saturated heterocycles. The Kier molecular flexibility index (Phi) is 9.33. The fourth-order valence-corrected chi connectivity index (χ4v) is 2.60. The maximum absolute atomic E-state index is 12.5. The molecule has 0 saturated carbocycles. The van der Waals surface area contributed by atoms with Crippen LogP contribution in [0.2, 0.25) is 0 Å². The van der Waals surface area contributed by atoms with E-state index in [2.05, 4.69) is 0 Å². The Morgan fingerprint density at radius 2 is 1.75 bits per heavy atom. The number of nitrogens with zero attached hydrogens (tertiary/aromatic N) is 2. The van der Waals surface area contributed by atoms with Gasteiger partial charge in [-0.2, -0.15) is 0 Å². The minimum Gasteiger partial charge on any atom is -0.466 e. The van der Waals surface area contributed by atoms with E-state index in [4.69, 9.17) is 14.2 Å². The quantitative estimate of drug-likeness (QED) is 0.452. The molecule has 0 radical (unpaired) electrons. The summed E-state index contributed by atoms with van der Waals surface area (Å²) in [7, 11) is 3.07. The average molecular weight is 344 g/mol. The zero-order chi connectivity index (χ0) is 17.9. The second kappa shape index (κ2) is 11.0. The number of hydrogen-bond acceptors (Lipinski definition) is 6. The first-order valence-corrected chi connectivity index (χ1v) is 8.27. The molecular formula is C16H28N2O6. The van der Waals surface area contributed by atoms with Gasteiger partial charge in [-0.05, 0) is 19.8 Å². The van der Waals surface area contributed by atoms with Crippen LogP contribution in [0.1, 0.15) is 19.8 Å². The first-order chi connectivity index (χ1) is 11.5. The summed E-state index contributed by atoms with van der Waals surface area (Å²) in [4.78, 5) is 39.7. The van der Waals surface area contributed by atoms with E-state index in [0.29, 0.717) is 52.3 Å². The van der Waals surface area contributed by atoms with Crippen molar-refractivity contribution in [2.75, 3.05) is 60.2 Å². The number of carbonyl (C=O) groups excluding carboxylic acids is 3. The molecule has 0 aromatic rings. The molecule has 24 heavy (non-hydrogen) atoms. The zero-order valence-corrected chi connectivity index (χ0v) is 14.8. The van der Waals surface area contributed by atoms with Crippen molar-refractivity contribution in [3.63, 3.8) is 0 Å². The maximum atomic E-state index is 12.5. The van der Waals surface area contributed by atoms with Crippen LogP contribution in [-0.2, 0) is 28.6 Å². The second-order valence-corrected chi connectivity index (χ2v) is 5.62. The van der Waals surface area contributed by atoms with Gasteiger partial charge in [0, 0.05) is 40.4 Å². The molecule has 0 aromatic heterocycles. The van der Waals surface area contributed by atoms with Crippen molar-refractivity contribution in [2.24, 2.45) is 5.92 Å². The topological polar surface area (TPSA) is 85.4 Å². The second-order valence-electron chi connectivity index (χ2n) is 5.62. The van der Waals surface area contributed by atoms with Gasteiger partial charge in [-0.15, -0.1) is 0 Å². The van der Waals surface area contributed by atoms with Gasteiger partial charge in [0.2, 0.25) is 0 Å². The first-order valence-electron chi connectivity index (χ1n) is 8.27. The number of rotatable bonds is 8. The van der Waals surface area contributed by atoms with Gasteiger partial charge in [-0.25, -0.2) is 0 Å². The highest BCUT2D eigenvalue weighted by atomic mass is 16.5. The Balaban J connectivity index is 2.67. The van der Waals surface area contributed by atoms with Crippen molar-refractivity contribution >= 4 is 17.8 Å². The number of carbonyl (C=O) groups is 3. The van der Waals surface area contributed by atoms with Crippen molar-refractivity contribution < 1.29 is 28.6 Å². The molecule has 1 aliphatic rings. The lowest BCUT2D eigenvalue weighted by atomic mass is 9.98.